The van der Waals surface area contributed by atoms with Gasteiger partial charge in [-0.3, -0.25) is 9.36 Å². The molecule has 1 amide bonds. The lowest BCUT2D eigenvalue weighted by molar-refractivity contribution is -0.369. The molecule has 0 unspecified atom stereocenters. The number of quaternary nitrogens is 1. The minimum Gasteiger partial charge on any atom is -1.00 e. The number of hydrogen-bond donors (Lipinski definition) is 2. The van der Waals surface area contributed by atoms with Crippen LogP contribution in [0.4, 0.5) is 0 Å². The van der Waals surface area contributed by atoms with Gasteiger partial charge in [-0.05, 0) is 24.1 Å². The minimum atomic E-state index is -0.349. The summed E-state index contributed by atoms with van der Waals surface area (Å²) >= 11 is 0. The Morgan fingerprint density at radius 2 is 2.20 bits per heavy atom. The molecule has 0 atom stereocenters. The average molecular weight is 344 g/mol. The first kappa shape index (κ1) is 16.5. The van der Waals surface area contributed by atoms with Crippen LogP contribution in [0.5, 0.6) is 0 Å². The number of nitrogens with one attached hydrogen (secondary N) is 1. The summed E-state index contributed by atoms with van der Waals surface area (Å²) < 4.78 is 6.80. The third-order valence-corrected chi connectivity index (χ3v) is 2.90. The van der Waals surface area contributed by atoms with Crippen LogP contribution in [-0.2, 0) is 17.8 Å². The summed E-state index contributed by atoms with van der Waals surface area (Å²) in [6, 6.07) is 5.66. The van der Waals surface area contributed by atoms with Crippen LogP contribution in [0.1, 0.15) is 12.5 Å². The van der Waals surface area contributed by atoms with E-state index in [1.54, 1.807) is 4.57 Å². The smallest absolute Gasteiger partial charge is 0.420 e. The van der Waals surface area contributed by atoms with Crippen molar-refractivity contribution in [2.24, 2.45) is 0 Å². The Morgan fingerprint density at radius 3 is 2.85 bits per heavy atom. The van der Waals surface area contributed by atoms with Gasteiger partial charge >= 0.3 is 5.76 Å². The van der Waals surface area contributed by atoms with Crippen molar-refractivity contribution in [3.63, 3.8) is 0 Å². The second-order valence-electron chi connectivity index (χ2n) is 4.41. The van der Waals surface area contributed by atoms with Gasteiger partial charge in [0, 0.05) is 13.5 Å². The van der Waals surface area contributed by atoms with Crippen molar-refractivity contribution in [1.82, 2.24) is 9.88 Å². The zero-order chi connectivity index (χ0) is 13.8. The highest BCUT2D eigenvalue weighted by atomic mass is 79.9. The average Bonchev–Trinajstić information content (AvgIpc) is 2.65. The largest absolute Gasteiger partial charge is 1.00 e. The Kier molecular flexibility index (Phi) is 5.97. The molecule has 0 aliphatic rings. The molecule has 110 valence electrons. The molecule has 0 radical (unpaired) electrons. The summed E-state index contributed by atoms with van der Waals surface area (Å²) in [6.07, 6.45) is 0.708. The fourth-order valence-electron chi connectivity index (χ4n) is 2.02. The maximum Gasteiger partial charge on any atom is 0.420 e. The fraction of sp³-hybridized carbons (Fsp3) is 0.385. The van der Waals surface area contributed by atoms with Gasteiger partial charge in [0.05, 0.1) is 18.6 Å². The molecule has 2 aromatic rings. The van der Waals surface area contributed by atoms with Crippen LogP contribution in [0.3, 0.4) is 0 Å². The van der Waals surface area contributed by atoms with Gasteiger partial charge in [0.15, 0.2) is 5.58 Å². The van der Waals surface area contributed by atoms with Gasteiger partial charge in [0.2, 0.25) is 5.91 Å². The van der Waals surface area contributed by atoms with Gasteiger partial charge in [-0.15, -0.1) is 0 Å². The van der Waals surface area contributed by atoms with Crippen LogP contribution in [-0.4, -0.2) is 23.6 Å². The molecular formula is C13H18BrN3O3. The summed E-state index contributed by atoms with van der Waals surface area (Å²) in [5.74, 6) is -0.396. The van der Waals surface area contributed by atoms with E-state index in [0.717, 1.165) is 11.1 Å². The first-order chi connectivity index (χ1) is 9.11. The fourth-order valence-corrected chi connectivity index (χ4v) is 2.02. The number of oxazole rings is 1. The molecular weight excluding hydrogens is 326 g/mol. The van der Waals surface area contributed by atoms with Crippen LogP contribution in [0.25, 0.3) is 11.1 Å². The van der Waals surface area contributed by atoms with E-state index in [4.69, 9.17) is 4.42 Å². The third kappa shape index (κ3) is 3.71. The molecule has 2 rings (SSSR count). The van der Waals surface area contributed by atoms with E-state index in [2.05, 4.69) is 11.1 Å². The van der Waals surface area contributed by atoms with E-state index in [-0.39, 0.29) is 28.6 Å². The number of benzene rings is 1. The van der Waals surface area contributed by atoms with Crippen LogP contribution in [0.2, 0.25) is 0 Å². The number of halogens is 1. The number of carbonyl (C=O) groups is 1. The molecule has 0 saturated heterocycles. The van der Waals surface area contributed by atoms with Crippen molar-refractivity contribution in [1.29, 1.82) is 0 Å². The summed E-state index contributed by atoms with van der Waals surface area (Å²) in [5.41, 5.74) is 6.14. The Balaban J connectivity index is 0.00000200. The van der Waals surface area contributed by atoms with E-state index in [1.165, 1.54) is 6.92 Å². The third-order valence-electron chi connectivity index (χ3n) is 2.90. The summed E-state index contributed by atoms with van der Waals surface area (Å²) in [5, 5.41) is 2.73. The second kappa shape index (κ2) is 7.25. The molecule has 0 saturated carbocycles. The SMILES string of the molecule is CC(=O)NCCc1ccc2c(c1)oc(=O)n2CC[NH3+].[Br-]. The van der Waals surface area contributed by atoms with Crippen molar-refractivity contribution >= 4 is 17.0 Å². The molecule has 20 heavy (non-hydrogen) atoms. The molecule has 0 fully saturated rings. The van der Waals surface area contributed by atoms with E-state index in [1.807, 2.05) is 18.2 Å². The number of nitrogens with zero attached hydrogens (tertiary/aromatic N) is 1. The molecule has 7 heteroatoms. The molecule has 0 aliphatic heterocycles. The Bertz CT molecular complexity index is 648. The molecule has 1 aromatic carbocycles. The van der Waals surface area contributed by atoms with E-state index in [9.17, 15) is 9.59 Å². The monoisotopic (exact) mass is 343 g/mol. The predicted octanol–water partition coefficient (Wildman–Crippen LogP) is -3.48. The summed E-state index contributed by atoms with van der Waals surface area (Å²) in [6.45, 7) is 3.25. The van der Waals surface area contributed by atoms with Crippen molar-refractivity contribution in [2.75, 3.05) is 13.1 Å². The molecule has 1 heterocycles. The summed E-state index contributed by atoms with van der Waals surface area (Å²) in [7, 11) is 0. The number of hydrogen-bond acceptors (Lipinski definition) is 3. The van der Waals surface area contributed by atoms with Crippen LogP contribution >= 0.6 is 0 Å². The standard InChI is InChI=1S/C13H17N3O3.BrH/c1-9(17)15-6-4-10-2-3-11-12(8-10)19-13(18)16(11)7-5-14;/h2-3,8H,4-7,14H2,1H3,(H,15,17);1H. The predicted molar refractivity (Wildman–Crippen MR) is 70.6 cm³/mol. The van der Waals surface area contributed by atoms with Gasteiger partial charge in [0.1, 0.15) is 0 Å². The highest BCUT2D eigenvalue weighted by Crippen LogP contribution is 2.15. The lowest BCUT2D eigenvalue weighted by atomic mass is 10.1. The van der Waals surface area contributed by atoms with E-state index >= 15 is 0 Å². The highest BCUT2D eigenvalue weighted by Gasteiger charge is 2.09. The van der Waals surface area contributed by atoms with Crippen molar-refractivity contribution in [3.05, 3.63) is 34.3 Å². The molecule has 1 aromatic heterocycles. The Hall–Kier alpha value is -1.60. The van der Waals surface area contributed by atoms with Gasteiger partial charge in [-0.1, -0.05) is 6.07 Å². The van der Waals surface area contributed by atoms with Crippen molar-refractivity contribution < 1.29 is 31.9 Å². The van der Waals surface area contributed by atoms with E-state index in [0.29, 0.717) is 31.6 Å². The van der Waals surface area contributed by atoms with Crippen molar-refractivity contribution in [3.8, 4) is 0 Å². The zero-order valence-electron chi connectivity index (χ0n) is 11.3. The number of carbonyl (C=O) groups excluding carboxylic acids is 1. The number of aromatic nitrogens is 1. The first-order valence-corrected chi connectivity index (χ1v) is 6.28. The maximum atomic E-state index is 11.7. The van der Waals surface area contributed by atoms with Gasteiger partial charge < -0.3 is 32.4 Å². The zero-order valence-corrected chi connectivity index (χ0v) is 12.9. The molecule has 0 spiro atoms. The lowest BCUT2D eigenvalue weighted by Gasteiger charge is -2.03. The van der Waals surface area contributed by atoms with Crippen LogP contribution in [0, 0.1) is 0 Å². The van der Waals surface area contributed by atoms with Crippen molar-refractivity contribution in [2.45, 2.75) is 19.9 Å². The Labute approximate surface area is 126 Å². The van der Waals surface area contributed by atoms with E-state index < -0.39 is 0 Å². The number of rotatable bonds is 5. The lowest BCUT2D eigenvalue weighted by Crippen LogP contribution is -3.00. The highest BCUT2D eigenvalue weighted by molar-refractivity contribution is 5.74. The number of fused-ring (bicyclic) bond motifs is 1. The Morgan fingerprint density at radius 1 is 1.45 bits per heavy atom. The molecule has 0 aliphatic carbocycles. The van der Waals surface area contributed by atoms with Crippen LogP contribution in [0.15, 0.2) is 27.4 Å². The van der Waals surface area contributed by atoms with Gasteiger partial charge in [0.25, 0.3) is 0 Å². The quantitative estimate of drug-likeness (QED) is 0.590. The maximum absolute atomic E-state index is 11.7. The van der Waals surface area contributed by atoms with Gasteiger partial charge in [-0.2, -0.15) is 0 Å². The molecule has 0 bridgehead atoms. The minimum absolute atomic E-state index is 0. The second-order valence-corrected chi connectivity index (χ2v) is 4.41. The normalized spacial score (nSPS) is 10.3. The van der Waals surface area contributed by atoms with Gasteiger partial charge in [-0.25, -0.2) is 4.79 Å². The first-order valence-electron chi connectivity index (χ1n) is 6.28. The summed E-state index contributed by atoms with van der Waals surface area (Å²) in [4.78, 5) is 22.4. The molecule has 6 nitrogen and oxygen atoms in total. The topological polar surface area (TPSA) is 91.9 Å². The molecule has 4 N–H and O–H groups in total. The number of amides is 1. The van der Waals surface area contributed by atoms with Crippen LogP contribution < -0.4 is 33.8 Å².